The van der Waals surface area contributed by atoms with Gasteiger partial charge in [0.05, 0.1) is 28.8 Å². The van der Waals surface area contributed by atoms with Crippen LogP contribution in [0.1, 0.15) is 50.5 Å². The third kappa shape index (κ3) is 2.79. The van der Waals surface area contributed by atoms with E-state index in [2.05, 4.69) is 24.5 Å². The van der Waals surface area contributed by atoms with E-state index in [1.807, 2.05) is 18.2 Å². The summed E-state index contributed by atoms with van der Waals surface area (Å²) >= 11 is 0. The number of fused-ring (bicyclic) bond motifs is 1. The van der Waals surface area contributed by atoms with Crippen LogP contribution in [0, 0.1) is 11.3 Å². The highest BCUT2D eigenvalue weighted by Crippen LogP contribution is 2.24. The molecule has 3 rings (SSSR count). The van der Waals surface area contributed by atoms with Crippen LogP contribution in [-0.2, 0) is 11.2 Å². The van der Waals surface area contributed by atoms with Crippen molar-refractivity contribution in [3.8, 4) is 6.07 Å². The van der Waals surface area contributed by atoms with E-state index in [0.29, 0.717) is 17.7 Å². The summed E-state index contributed by atoms with van der Waals surface area (Å²) < 4.78 is 7.99. The Morgan fingerprint density at radius 3 is 3.00 bits per heavy atom. The molecule has 4 nitrogen and oxygen atoms in total. The fraction of sp³-hybridized carbons (Fsp3) is 0.529. The second-order valence-electron chi connectivity index (χ2n) is 5.98. The van der Waals surface area contributed by atoms with Crippen molar-refractivity contribution < 1.29 is 4.74 Å². The average Bonchev–Trinajstić information content (AvgIpc) is 3.10. The Labute approximate surface area is 125 Å². The van der Waals surface area contributed by atoms with E-state index in [-0.39, 0.29) is 0 Å². The molecule has 0 aliphatic carbocycles. The minimum absolute atomic E-state index is 0.363. The van der Waals surface area contributed by atoms with Crippen molar-refractivity contribution in [2.45, 2.75) is 51.7 Å². The molecule has 0 radical (unpaired) electrons. The van der Waals surface area contributed by atoms with Gasteiger partial charge in [0.25, 0.3) is 0 Å². The molecule has 1 aliphatic rings. The number of hydrogen-bond donors (Lipinski definition) is 0. The van der Waals surface area contributed by atoms with E-state index in [1.165, 1.54) is 12.8 Å². The Bertz CT molecular complexity index is 675. The Kier molecular flexibility index (Phi) is 3.94. The van der Waals surface area contributed by atoms with Crippen molar-refractivity contribution in [2.75, 3.05) is 6.61 Å². The molecule has 1 aromatic carbocycles. The van der Waals surface area contributed by atoms with Gasteiger partial charge in [0.2, 0.25) is 0 Å². The van der Waals surface area contributed by atoms with Gasteiger partial charge in [0, 0.05) is 19.1 Å². The number of ether oxygens (including phenoxy) is 1. The summed E-state index contributed by atoms with van der Waals surface area (Å²) in [7, 11) is 0. The number of aryl methyl sites for hydroxylation is 1. The van der Waals surface area contributed by atoms with Gasteiger partial charge >= 0.3 is 0 Å². The fourth-order valence-corrected chi connectivity index (χ4v) is 3.13. The molecule has 1 unspecified atom stereocenters. The molecule has 2 heterocycles. The third-order valence-electron chi connectivity index (χ3n) is 4.12. The van der Waals surface area contributed by atoms with Crippen LogP contribution in [-0.4, -0.2) is 22.3 Å². The van der Waals surface area contributed by atoms with Crippen molar-refractivity contribution in [3.63, 3.8) is 0 Å². The van der Waals surface area contributed by atoms with Crippen LogP contribution in [0.15, 0.2) is 18.2 Å². The minimum atomic E-state index is 0.363. The smallest absolute Gasteiger partial charge is 0.110 e. The van der Waals surface area contributed by atoms with Gasteiger partial charge < -0.3 is 9.30 Å². The monoisotopic (exact) mass is 283 g/mol. The van der Waals surface area contributed by atoms with E-state index in [4.69, 9.17) is 15.0 Å². The maximum absolute atomic E-state index is 9.03. The summed E-state index contributed by atoms with van der Waals surface area (Å²) in [5.74, 6) is 1.10. The first-order chi connectivity index (χ1) is 10.2. The second kappa shape index (κ2) is 5.87. The lowest BCUT2D eigenvalue weighted by molar-refractivity contribution is 0.104. The van der Waals surface area contributed by atoms with Gasteiger partial charge in [-0.3, -0.25) is 0 Å². The molecule has 0 bridgehead atoms. The van der Waals surface area contributed by atoms with Crippen molar-refractivity contribution in [3.05, 3.63) is 29.6 Å². The SMILES string of the molecule is CC(C)n1c(CCC2CCCO2)nc2cc(C#N)ccc21. The van der Waals surface area contributed by atoms with Crippen LogP contribution in [0.2, 0.25) is 0 Å². The zero-order valence-corrected chi connectivity index (χ0v) is 12.7. The Hall–Kier alpha value is -1.86. The highest BCUT2D eigenvalue weighted by atomic mass is 16.5. The molecular formula is C17H21N3O. The number of nitrogens with zero attached hydrogens (tertiary/aromatic N) is 3. The molecule has 0 saturated carbocycles. The summed E-state index contributed by atoms with van der Waals surface area (Å²) in [6.07, 6.45) is 4.69. The molecule has 1 saturated heterocycles. The molecule has 1 aliphatic heterocycles. The van der Waals surface area contributed by atoms with Crippen LogP contribution in [0.3, 0.4) is 0 Å². The van der Waals surface area contributed by atoms with Gasteiger partial charge in [-0.05, 0) is 51.3 Å². The van der Waals surface area contributed by atoms with E-state index < -0.39 is 0 Å². The first-order valence-corrected chi connectivity index (χ1v) is 7.71. The van der Waals surface area contributed by atoms with Crippen LogP contribution in [0.4, 0.5) is 0 Å². The predicted molar refractivity (Wildman–Crippen MR) is 82.1 cm³/mol. The lowest BCUT2D eigenvalue weighted by Gasteiger charge is -2.14. The molecular weight excluding hydrogens is 262 g/mol. The summed E-state index contributed by atoms with van der Waals surface area (Å²) in [5, 5.41) is 9.03. The summed E-state index contributed by atoms with van der Waals surface area (Å²) in [6.45, 7) is 5.25. The number of aromatic nitrogens is 2. The van der Waals surface area contributed by atoms with Crippen LogP contribution in [0.25, 0.3) is 11.0 Å². The molecule has 0 spiro atoms. The highest BCUT2D eigenvalue weighted by molar-refractivity contribution is 5.78. The lowest BCUT2D eigenvalue weighted by atomic mass is 10.1. The molecule has 1 fully saturated rings. The Morgan fingerprint density at radius 2 is 2.33 bits per heavy atom. The topological polar surface area (TPSA) is 50.8 Å². The van der Waals surface area contributed by atoms with Gasteiger partial charge in [-0.15, -0.1) is 0 Å². The first-order valence-electron chi connectivity index (χ1n) is 7.71. The normalized spacial score (nSPS) is 18.5. The number of benzene rings is 1. The summed E-state index contributed by atoms with van der Waals surface area (Å²) in [6, 6.07) is 8.30. The Morgan fingerprint density at radius 1 is 1.48 bits per heavy atom. The van der Waals surface area contributed by atoms with Crippen molar-refractivity contribution in [2.24, 2.45) is 0 Å². The number of hydrogen-bond acceptors (Lipinski definition) is 3. The van der Waals surface area contributed by atoms with E-state index in [1.54, 1.807) is 0 Å². The molecule has 2 aromatic rings. The number of rotatable bonds is 4. The largest absolute Gasteiger partial charge is 0.378 e. The number of imidazole rings is 1. The zero-order chi connectivity index (χ0) is 14.8. The van der Waals surface area contributed by atoms with Crippen molar-refractivity contribution in [1.82, 2.24) is 9.55 Å². The molecule has 4 heteroatoms. The summed E-state index contributed by atoms with van der Waals surface area (Å²) in [5.41, 5.74) is 2.71. The third-order valence-corrected chi connectivity index (χ3v) is 4.12. The van der Waals surface area contributed by atoms with Gasteiger partial charge in [-0.1, -0.05) is 0 Å². The molecule has 0 amide bonds. The van der Waals surface area contributed by atoms with Gasteiger partial charge in [0.15, 0.2) is 0 Å². The van der Waals surface area contributed by atoms with Crippen LogP contribution < -0.4 is 0 Å². The maximum atomic E-state index is 9.03. The molecule has 1 atom stereocenters. The van der Waals surface area contributed by atoms with E-state index in [9.17, 15) is 0 Å². The Balaban J connectivity index is 1.92. The average molecular weight is 283 g/mol. The minimum Gasteiger partial charge on any atom is -0.378 e. The zero-order valence-electron chi connectivity index (χ0n) is 12.7. The highest BCUT2D eigenvalue weighted by Gasteiger charge is 2.18. The van der Waals surface area contributed by atoms with Gasteiger partial charge in [-0.25, -0.2) is 4.98 Å². The van der Waals surface area contributed by atoms with E-state index in [0.717, 1.165) is 36.3 Å². The predicted octanol–water partition coefficient (Wildman–Crippen LogP) is 3.60. The molecule has 21 heavy (non-hydrogen) atoms. The standard InChI is InChI=1S/C17H21N3O/c1-12(2)20-16-7-5-13(11-18)10-15(16)19-17(20)8-6-14-4-3-9-21-14/h5,7,10,12,14H,3-4,6,8-9H2,1-2H3. The number of nitriles is 1. The van der Waals surface area contributed by atoms with Crippen LogP contribution in [0.5, 0.6) is 0 Å². The van der Waals surface area contributed by atoms with Gasteiger partial charge in [0.1, 0.15) is 5.82 Å². The quantitative estimate of drug-likeness (QED) is 0.861. The maximum Gasteiger partial charge on any atom is 0.110 e. The van der Waals surface area contributed by atoms with Crippen LogP contribution >= 0.6 is 0 Å². The lowest BCUT2D eigenvalue weighted by Crippen LogP contribution is -2.11. The molecule has 1 aromatic heterocycles. The second-order valence-corrected chi connectivity index (χ2v) is 5.98. The summed E-state index contributed by atoms with van der Waals surface area (Å²) in [4.78, 5) is 4.76. The molecule has 110 valence electrons. The van der Waals surface area contributed by atoms with Crippen molar-refractivity contribution in [1.29, 1.82) is 5.26 Å². The fourth-order valence-electron chi connectivity index (χ4n) is 3.13. The first kappa shape index (κ1) is 14.1. The van der Waals surface area contributed by atoms with Gasteiger partial charge in [-0.2, -0.15) is 5.26 Å². The van der Waals surface area contributed by atoms with E-state index >= 15 is 0 Å². The van der Waals surface area contributed by atoms with Crippen molar-refractivity contribution >= 4 is 11.0 Å². The molecule has 0 N–H and O–H groups in total.